The lowest BCUT2D eigenvalue weighted by atomic mass is 10.3. The summed E-state index contributed by atoms with van der Waals surface area (Å²) >= 11 is 0. The summed E-state index contributed by atoms with van der Waals surface area (Å²) in [5.74, 6) is 0. The van der Waals surface area contributed by atoms with Crippen LogP contribution in [0.15, 0.2) is 4.90 Å². The number of nitrogens with zero attached hydrogens (tertiary/aromatic N) is 2. The van der Waals surface area contributed by atoms with Gasteiger partial charge in [-0.25, -0.2) is 8.42 Å². The van der Waals surface area contributed by atoms with E-state index in [9.17, 15) is 8.42 Å². The minimum absolute atomic E-state index is 0.106. The molecule has 1 aromatic rings. The Morgan fingerprint density at radius 2 is 2.06 bits per heavy atom. The number of hydrogen-bond donors (Lipinski definition) is 2. The van der Waals surface area contributed by atoms with Crippen molar-refractivity contribution in [2.75, 3.05) is 7.05 Å². The maximum atomic E-state index is 12.6. The quantitative estimate of drug-likeness (QED) is 0.845. The van der Waals surface area contributed by atoms with Crippen LogP contribution in [-0.4, -0.2) is 36.0 Å². The molecule has 1 heterocycles. The number of nitrogens with two attached hydrogens (primary N) is 1. The molecule has 0 atom stereocenters. The average molecular weight is 272 g/mol. The molecule has 102 valence electrons. The predicted molar refractivity (Wildman–Crippen MR) is 68.4 cm³/mol. The molecule has 1 saturated carbocycles. The van der Waals surface area contributed by atoms with Crippen LogP contribution in [0.5, 0.6) is 0 Å². The Kier molecular flexibility index (Phi) is 3.74. The van der Waals surface area contributed by atoms with Gasteiger partial charge in [-0.2, -0.15) is 9.40 Å². The summed E-state index contributed by atoms with van der Waals surface area (Å²) in [5, 5.41) is 6.66. The van der Waals surface area contributed by atoms with Crippen LogP contribution in [0, 0.1) is 6.92 Å². The zero-order chi connectivity index (χ0) is 13.3. The Balaban J connectivity index is 2.37. The van der Waals surface area contributed by atoms with Gasteiger partial charge in [0.05, 0.1) is 11.4 Å². The fourth-order valence-electron chi connectivity index (χ4n) is 2.56. The summed E-state index contributed by atoms with van der Waals surface area (Å²) in [7, 11) is -1.84. The van der Waals surface area contributed by atoms with Crippen molar-refractivity contribution >= 4 is 10.0 Å². The minimum Gasteiger partial charge on any atom is -0.325 e. The number of nitrogens with one attached hydrogen (secondary N) is 1. The first-order valence-corrected chi connectivity index (χ1v) is 7.64. The maximum absolute atomic E-state index is 12.6. The molecule has 0 aromatic carbocycles. The molecule has 7 heteroatoms. The maximum Gasteiger partial charge on any atom is 0.246 e. The van der Waals surface area contributed by atoms with Crippen LogP contribution in [0.25, 0.3) is 0 Å². The van der Waals surface area contributed by atoms with Crippen molar-refractivity contribution in [3.63, 3.8) is 0 Å². The lowest BCUT2D eigenvalue weighted by Gasteiger charge is -2.23. The zero-order valence-corrected chi connectivity index (χ0v) is 11.6. The van der Waals surface area contributed by atoms with Crippen molar-refractivity contribution in [1.82, 2.24) is 14.5 Å². The summed E-state index contributed by atoms with van der Waals surface area (Å²) in [6.07, 6.45) is 4.06. The molecule has 0 unspecified atom stereocenters. The fourth-order valence-corrected chi connectivity index (χ4v) is 4.31. The van der Waals surface area contributed by atoms with Crippen molar-refractivity contribution in [3.05, 3.63) is 11.4 Å². The first-order valence-electron chi connectivity index (χ1n) is 6.20. The van der Waals surface area contributed by atoms with Crippen LogP contribution >= 0.6 is 0 Å². The van der Waals surface area contributed by atoms with E-state index in [1.807, 2.05) is 0 Å². The summed E-state index contributed by atoms with van der Waals surface area (Å²) in [5.41, 5.74) is 6.52. The van der Waals surface area contributed by atoms with Crippen molar-refractivity contribution in [1.29, 1.82) is 0 Å². The van der Waals surface area contributed by atoms with Gasteiger partial charge in [-0.15, -0.1) is 0 Å². The number of hydrogen-bond acceptors (Lipinski definition) is 4. The average Bonchev–Trinajstić information content (AvgIpc) is 2.96. The molecule has 3 N–H and O–H groups in total. The number of aromatic amines is 1. The standard InChI is InChI=1S/C11H20N4O2S/c1-8-11(10(7-12)14-13-8)18(16,17)15(2)9-5-3-4-6-9/h9H,3-7,12H2,1-2H3,(H,13,14). The van der Waals surface area contributed by atoms with E-state index < -0.39 is 10.0 Å². The molecule has 0 saturated heterocycles. The highest BCUT2D eigenvalue weighted by Gasteiger charge is 2.33. The molecule has 0 aliphatic heterocycles. The van der Waals surface area contributed by atoms with Gasteiger partial charge in [0.15, 0.2) is 0 Å². The Bertz CT molecular complexity index is 517. The third-order valence-electron chi connectivity index (χ3n) is 3.63. The van der Waals surface area contributed by atoms with Gasteiger partial charge in [-0.3, -0.25) is 5.10 Å². The molecular formula is C11H20N4O2S. The van der Waals surface area contributed by atoms with Gasteiger partial charge in [0.2, 0.25) is 10.0 Å². The molecule has 2 rings (SSSR count). The number of aromatic nitrogens is 2. The van der Waals surface area contributed by atoms with E-state index in [-0.39, 0.29) is 17.5 Å². The third kappa shape index (κ3) is 2.17. The van der Waals surface area contributed by atoms with E-state index in [2.05, 4.69) is 10.2 Å². The number of rotatable bonds is 4. The number of aryl methyl sites for hydroxylation is 1. The van der Waals surface area contributed by atoms with E-state index in [0.29, 0.717) is 11.4 Å². The monoisotopic (exact) mass is 272 g/mol. The smallest absolute Gasteiger partial charge is 0.246 e. The van der Waals surface area contributed by atoms with E-state index in [1.165, 1.54) is 4.31 Å². The van der Waals surface area contributed by atoms with Gasteiger partial charge in [-0.1, -0.05) is 12.8 Å². The van der Waals surface area contributed by atoms with E-state index in [0.717, 1.165) is 25.7 Å². The molecule has 1 aliphatic carbocycles. The van der Waals surface area contributed by atoms with Gasteiger partial charge < -0.3 is 5.73 Å². The van der Waals surface area contributed by atoms with Gasteiger partial charge >= 0.3 is 0 Å². The number of sulfonamides is 1. The summed E-state index contributed by atoms with van der Waals surface area (Å²) in [6.45, 7) is 1.83. The van der Waals surface area contributed by atoms with Crippen LogP contribution in [0.2, 0.25) is 0 Å². The van der Waals surface area contributed by atoms with E-state index in [1.54, 1.807) is 14.0 Å². The Labute approximate surface area is 108 Å². The molecule has 6 nitrogen and oxygen atoms in total. The molecule has 0 radical (unpaired) electrons. The second-order valence-corrected chi connectivity index (χ2v) is 6.72. The normalized spacial score (nSPS) is 17.8. The highest BCUT2D eigenvalue weighted by Crippen LogP contribution is 2.29. The topological polar surface area (TPSA) is 92.1 Å². The summed E-state index contributed by atoms with van der Waals surface area (Å²) in [4.78, 5) is 0.249. The van der Waals surface area contributed by atoms with Crippen molar-refractivity contribution in [3.8, 4) is 0 Å². The molecular weight excluding hydrogens is 252 g/mol. The van der Waals surface area contributed by atoms with Crippen molar-refractivity contribution < 1.29 is 8.42 Å². The highest BCUT2D eigenvalue weighted by atomic mass is 32.2. The summed E-state index contributed by atoms with van der Waals surface area (Å²) in [6, 6.07) is 0.106. The van der Waals surface area contributed by atoms with Gasteiger partial charge in [0.25, 0.3) is 0 Å². The van der Waals surface area contributed by atoms with Crippen LogP contribution in [-0.2, 0) is 16.6 Å². The Morgan fingerprint density at radius 3 is 2.61 bits per heavy atom. The second-order valence-electron chi connectivity index (χ2n) is 4.79. The van der Waals surface area contributed by atoms with Crippen LogP contribution in [0.1, 0.15) is 37.1 Å². The third-order valence-corrected chi connectivity index (χ3v) is 5.74. The molecule has 18 heavy (non-hydrogen) atoms. The predicted octanol–water partition coefficient (Wildman–Crippen LogP) is 0.740. The number of H-pyrrole nitrogens is 1. The lowest BCUT2D eigenvalue weighted by molar-refractivity contribution is 0.372. The van der Waals surface area contributed by atoms with Crippen LogP contribution < -0.4 is 5.73 Å². The van der Waals surface area contributed by atoms with Crippen LogP contribution in [0.3, 0.4) is 0 Å². The first kappa shape index (κ1) is 13.5. The van der Waals surface area contributed by atoms with Crippen LogP contribution in [0.4, 0.5) is 0 Å². The second kappa shape index (κ2) is 4.99. The molecule has 1 fully saturated rings. The van der Waals surface area contributed by atoms with Crippen molar-refractivity contribution in [2.24, 2.45) is 5.73 Å². The Morgan fingerprint density at radius 1 is 1.44 bits per heavy atom. The Hall–Kier alpha value is -0.920. The van der Waals surface area contributed by atoms with E-state index >= 15 is 0 Å². The largest absolute Gasteiger partial charge is 0.325 e. The molecule has 1 aliphatic rings. The SMILES string of the molecule is Cc1[nH]nc(CN)c1S(=O)(=O)N(C)C1CCCC1. The van der Waals surface area contributed by atoms with Crippen molar-refractivity contribution in [2.45, 2.75) is 50.1 Å². The van der Waals surface area contributed by atoms with Gasteiger partial charge in [0, 0.05) is 19.6 Å². The molecule has 0 spiro atoms. The first-order chi connectivity index (χ1) is 8.48. The lowest BCUT2D eigenvalue weighted by Crippen LogP contribution is -2.36. The highest BCUT2D eigenvalue weighted by molar-refractivity contribution is 7.89. The fraction of sp³-hybridized carbons (Fsp3) is 0.727. The van der Waals surface area contributed by atoms with E-state index in [4.69, 9.17) is 5.73 Å². The molecule has 0 bridgehead atoms. The molecule has 0 amide bonds. The molecule has 1 aromatic heterocycles. The van der Waals surface area contributed by atoms with Gasteiger partial charge in [0.1, 0.15) is 4.90 Å². The summed E-state index contributed by atoms with van der Waals surface area (Å²) < 4.78 is 26.7. The zero-order valence-electron chi connectivity index (χ0n) is 10.8. The minimum atomic E-state index is -3.49. The van der Waals surface area contributed by atoms with Gasteiger partial charge in [-0.05, 0) is 19.8 Å².